The van der Waals surface area contributed by atoms with Gasteiger partial charge in [0.25, 0.3) is 11.2 Å². The zero-order valence-corrected chi connectivity index (χ0v) is 23.8. The van der Waals surface area contributed by atoms with Crippen molar-refractivity contribution in [2.45, 2.75) is 71.7 Å². The molecule has 0 radical (unpaired) electrons. The lowest BCUT2D eigenvalue weighted by Crippen LogP contribution is -2.33. The van der Waals surface area contributed by atoms with E-state index >= 15 is 0 Å². The van der Waals surface area contributed by atoms with Crippen molar-refractivity contribution in [3.8, 4) is 5.75 Å². The van der Waals surface area contributed by atoms with Crippen LogP contribution in [0.2, 0.25) is 0 Å². The van der Waals surface area contributed by atoms with E-state index in [1.807, 2.05) is 26.8 Å². The molecule has 202 valence electrons. The highest BCUT2D eigenvalue weighted by atomic mass is 32.2. The van der Waals surface area contributed by atoms with Crippen LogP contribution in [0.1, 0.15) is 64.9 Å². The second-order valence-electron chi connectivity index (χ2n) is 7.75. The third kappa shape index (κ3) is 9.07. The zero-order chi connectivity index (χ0) is 27.3. The number of aryl methyl sites for hydroxylation is 1. The number of nitrogens with zero attached hydrogens (tertiary/aromatic N) is 3. The van der Waals surface area contributed by atoms with E-state index in [4.69, 9.17) is 4.42 Å². The maximum absolute atomic E-state index is 12.3. The first-order valence-corrected chi connectivity index (χ1v) is 14.5. The molecule has 0 saturated carbocycles. The summed E-state index contributed by atoms with van der Waals surface area (Å²) >= 11 is -1.83. The third-order valence-corrected chi connectivity index (χ3v) is 7.28. The van der Waals surface area contributed by atoms with Crippen LogP contribution >= 0.6 is 0 Å². The summed E-state index contributed by atoms with van der Waals surface area (Å²) in [6.07, 6.45) is 5.54. The van der Waals surface area contributed by atoms with Gasteiger partial charge in [-0.15, -0.1) is 8.80 Å². The van der Waals surface area contributed by atoms with E-state index in [1.165, 1.54) is 58.0 Å². The molecule has 1 aliphatic heterocycles. The number of para-hydroxylation sites is 1. The second-order valence-corrected chi connectivity index (χ2v) is 10.7. The molecule has 0 amide bonds. The van der Waals surface area contributed by atoms with Gasteiger partial charge in [-0.05, 0) is 31.2 Å². The minimum absolute atomic E-state index is 0.0870. The zero-order valence-electron chi connectivity index (χ0n) is 22.2. The van der Waals surface area contributed by atoms with E-state index in [0.29, 0.717) is 5.76 Å². The quantitative estimate of drug-likeness (QED) is 0.324. The van der Waals surface area contributed by atoms with Crippen LogP contribution in [0.15, 0.2) is 48.4 Å². The second kappa shape index (κ2) is 15.4. The van der Waals surface area contributed by atoms with Crippen molar-refractivity contribution in [1.29, 1.82) is 0 Å². The van der Waals surface area contributed by atoms with E-state index in [0.717, 1.165) is 10.1 Å². The molecule has 0 bridgehead atoms. The van der Waals surface area contributed by atoms with E-state index in [1.54, 1.807) is 6.07 Å². The fraction of sp³-hybridized carbons (Fsp3) is 0.500. The average Bonchev–Trinajstić information content (AvgIpc) is 3.43. The first kappa shape index (κ1) is 31.3. The van der Waals surface area contributed by atoms with Gasteiger partial charge in [0.15, 0.2) is 17.4 Å². The molecule has 0 saturated heterocycles. The SMILES string of the molecule is CC.CCCCCC.Cc1ccc(CNC2=NS(=O)N=C2Nc2cccc(S(=O)(=O)N(C)C)c2O)o1. The monoisotopic (exact) mass is 541 g/mol. The molecule has 10 nitrogen and oxygen atoms in total. The summed E-state index contributed by atoms with van der Waals surface area (Å²) in [6.45, 7) is 10.6. The Morgan fingerprint density at radius 2 is 1.64 bits per heavy atom. The average molecular weight is 542 g/mol. The van der Waals surface area contributed by atoms with Crippen LogP contribution in [-0.4, -0.2) is 47.8 Å². The molecule has 1 aromatic carbocycles. The van der Waals surface area contributed by atoms with Crippen molar-refractivity contribution >= 4 is 38.6 Å². The van der Waals surface area contributed by atoms with Crippen LogP contribution in [0.25, 0.3) is 0 Å². The number of nitrogens with one attached hydrogen (secondary N) is 2. The molecule has 0 spiro atoms. The molecular weight excluding hydrogens is 502 g/mol. The summed E-state index contributed by atoms with van der Waals surface area (Å²) in [5, 5.41) is 16.2. The number of rotatable bonds is 8. The molecule has 1 aliphatic rings. The van der Waals surface area contributed by atoms with Gasteiger partial charge >= 0.3 is 0 Å². The number of aromatic hydroxyl groups is 1. The normalized spacial score (nSPS) is 14.7. The van der Waals surface area contributed by atoms with Crippen LogP contribution in [0.5, 0.6) is 5.75 Å². The number of anilines is 1. The van der Waals surface area contributed by atoms with Crippen molar-refractivity contribution < 1.29 is 22.2 Å². The van der Waals surface area contributed by atoms with Gasteiger partial charge in [-0.25, -0.2) is 16.9 Å². The smallest absolute Gasteiger partial charge is 0.269 e. The summed E-state index contributed by atoms with van der Waals surface area (Å²) < 4.78 is 50.6. The Bertz CT molecular complexity index is 1150. The Morgan fingerprint density at radius 1 is 1.03 bits per heavy atom. The molecule has 1 aromatic heterocycles. The van der Waals surface area contributed by atoms with E-state index in [-0.39, 0.29) is 28.8 Å². The maximum Gasteiger partial charge on any atom is 0.269 e. The summed E-state index contributed by atoms with van der Waals surface area (Å²) in [4.78, 5) is -0.264. The summed E-state index contributed by atoms with van der Waals surface area (Å²) in [6, 6.07) is 7.84. The van der Waals surface area contributed by atoms with Gasteiger partial charge in [-0.1, -0.05) is 59.4 Å². The number of amidine groups is 2. The molecule has 1 unspecified atom stereocenters. The third-order valence-electron chi connectivity index (χ3n) is 4.76. The van der Waals surface area contributed by atoms with Crippen molar-refractivity contribution in [3.63, 3.8) is 0 Å². The van der Waals surface area contributed by atoms with Crippen molar-refractivity contribution in [2.24, 2.45) is 8.80 Å². The highest BCUT2D eigenvalue weighted by molar-refractivity contribution is 7.89. The van der Waals surface area contributed by atoms with Gasteiger partial charge in [0.05, 0.1) is 12.2 Å². The maximum atomic E-state index is 12.3. The molecule has 2 heterocycles. The molecule has 3 N–H and O–H groups in total. The summed E-state index contributed by atoms with van der Waals surface area (Å²) in [7, 11) is -1.12. The minimum Gasteiger partial charge on any atom is -0.504 e. The van der Waals surface area contributed by atoms with Crippen LogP contribution in [0, 0.1) is 6.92 Å². The number of phenolic OH excluding ortho intramolecular Hbond substituents is 1. The lowest BCUT2D eigenvalue weighted by molar-refractivity contribution is 0.454. The molecule has 3 rings (SSSR count). The first-order valence-electron chi connectivity index (χ1n) is 12.0. The number of furan rings is 1. The van der Waals surface area contributed by atoms with Crippen molar-refractivity contribution in [1.82, 2.24) is 9.62 Å². The Morgan fingerprint density at radius 3 is 2.17 bits per heavy atom. The van der Waals surface area contributed by atoms with Gasteiger partial charge in [0.2, 0.25) is 10.0 Å². The van der Waals surface area contributed by atoms with E-state index in [9.17, 15) is 17.7 Å². The molecule has 1 atom stereocenters. The van der Waals surface area contributed by atoms with Gasteiger partial charge in [-0.3, -0.25) is 0 Å². The highest BCUT2D eigenvalue weighted by Crippen LogP contribution is 2.32. The van der Waals surface area contributed by atoms with E-state index < -0.39 is 26.9 Å². The number of sulfonamides is 1. The van der Waals surface area contributed by atoms with Crippen LogP contribution in [0.4, 0.5) is 5.69 Å². The van der Waals surface area contributed by atoms with Gasteiger partial charge < -0.3 is 20.2 Å². The van der Waals surface area contributed by atoms with E-state index in [2.05, 4.69) is 33.3 Å². The molecule has 0 aliphatic carbocycles. The molecular formula is C24H39N5O5S2. The lowest BCUT2D eigenvalue weighted by Gasteiger charge is -2.15. The predicted octanol–water partition coefficient (Wildman–Crippen LogP) is 4.75. The molecule has 0 fully saturated rings. The number of hydrogen-bond acceptors (Lipinski definition) is 7. The fourth-order valence-corrected chi connectivity index (χ4v) is 4.50. The first-order chi connectivity index (χ1) is 17.1. The molecule has 2 aromatic rings. The van der Waals surface area contributed by atoms with Gasteiger partial charge in [-0.2, -0.15) is 0 Å². The molecule has 36 heavy (non-hydrogen) atoms. The number of unbranched alkanes of at least 4 members (excludes halogenated alkanes) is 3. The number of benzene rings is 1. The Kier molecular flexibility index (Phi) is 13.4. The Balaban J connectivity index is 0.000000710. The Hall–Kier alpha value is -2.70. The van der Waals surface area contributed by atoms with Crippen LogP contribution < -0.4 is 10.6 Å². The largest absolute Gasteiger partial charge is 0.504 e. The van der Waals surface area contributed by atoms with Crippen LogP contribution in [-0.2, 0) is 27.7 Å². The van der Waals surface area contributed by atoms with Gasteiger partial charge in [0, 0.05) is 14.1 Å². The van der Waals surface area contributed by atoms with Crippen molar-refractivity contribution in [3.05, 3.63) is 41.9 Å². The van der Waals surface area contributed by atoms with Crippen molar-refractivity contribution in [2.75, 3.05) is 19.4 Å². The minimum atomic E-state index is -3.85. The summed E-state index contributed by atoms with van der Waals surface area (Å²) in [5.74, 6) is 1.24. The number of hydrogen-bond donors (Lipinski definition) is 3. The topological polar surface area (TPSA) is 137 Å². The van der Waals surface area contributed by atoms with Gasteiger partial charge in [0.1, 0.15) is 16.4 Å². The highest BCUT2D eigenvalue weighted by Gasteiger charge is 2.25. The standard InChI is InChI=1S/C16H19N5O5S2.C6H14.C2H6/c1-10-7-8-11(26-10)9-17-15-16(20-27(23)19-15)18-12-5-4-6-13(14(12)22)28(24,25)21(2)3;1-3-5-6-4-2;1-2/h4-8,22H,9H2,1-3H3,(H,17,19)(H,18,20);3-6H2,1-2H3;1-2H3. The Labute approximate surface area is 217 Å². The summed E-state index contributed by atoms with van der Waals surface area (Å²) in [5.41, 5.74) is 0.0870. The molecule has 12 heteroatoms. The number of phenols is 1. The predicted molar refractivity (Wildman–Crippen MR) is 147 cm³/mol. The lowest BCUT2D eigenvalue weighted by atomic mass is 10.2. The fourth-order valence-electron chi connectivity index (χ4n) is 2.87. The van der Waals surface area contributed by atoms with Crippen LogP contribution in [0.3, 0.4) is 0 Å².